The molecule has 1 aromatic carbocycles. The number of anilines is 3. The normalized spacial score (nSPS) is 19.1. The first-order valence-electron chi connectivity index (χ1n) is 11.2. The molecule has 8 nitrogen and oxygen atoms in total. The van der Waals surface area contributed by atoms with Gasteiger partial charge in [0.05, 0.1) is 0 Å². The van der Waals surface area contributed by atoms with Gasteiger partial charge < -0.3 is 15.5 Å². The van der Waals surface area contributed by atoms with E-state index in [9.17, 15) is 9.18 Å². The number of fused-ring (bicyclic) bond motifs is 2. The summed E-state index contributed by atoms with van der Waals surface area (Å²) in [7, 11) is 1.74. The summed E-state index contributed by atoms with van der Waals surface area (Å²) >= 11 is 0. The Hall–Kier alpha value is -3.20. The Morgan fingerprint density at radius 3 is 2.64 bits per heavy atom. The van der Waals surface area contributed by atoms with Gasteiger partial charge in [0.15, 0.2) is 5.82 Å². The standard InChI is InChI=1S/C24H30FN7O/c1-23(2)13-31(14-24(3,4)29-23)19-6-8-26-21-17(19)7-9-32(21)22(33)27-16-10-15-12-30(5)28-20(15)18(25)11-16/h6,8,10-12,29H,7,9,13-14H2,1-5H3,(H,27,33). The Morgan fingerprint density at radius 2 is 1.91 bits per heavy atom. The van der Waals surface area contributed by atoms with Crippen molar-refractivity contribution in [2.75, 3.05) is 34.8 Å². The van der Waals surface area contributed by atoms with E-state index in [4.69, 9.17) is 0 Å². The SMILES string of the molecule is Cn1cc2cc(NC(=O)N3CCc4c(N5CC(C)(C)NC(C)(C)C5)ccnc43)cc(F)c2n1. The number of rotatable bonds is 2. The zero-order valence-electron chi connectivity index (χ0n) is 19.7. The van der Waals surface area contributed by atoms with E-state index in [0.29, 0.717) is 23.4 Å². The van der Waals surface area contributed by atoms with Crippen LogP contribution >= 0.6 is 0 Å². The van der Waals surface area contributed by atoms with Crippen LogP contribution in [-0.2, 0) is 13.5 Å². The van der Waals surface area contributed by atoms with Gasteiger partial charge in [-0.05, 0) is 52.3 Å². The molecule has 0 radical (unpaired) electrons. The highest BCUT2D eigenvalue weighted by Gasteiger charge is 2.38. The molecule has 4 heterocycles. The van der Waals surface area contributed by atoms with Gasteiger partial charge in [0.2, 0.25) is 0 Å². The fraction of sp³-hybridized carbons (Fsp3) is 0.458. The molecule has 0 atom stereocenters. The number of nitrogens with one attached hydrogen (secondary N) is 2. The summed E-state index contributed by atoms with van der Waals surface area (Å²) in [5.74, 6) is 0.205. The van der Waals surface area contributed by atoms with E-state index in [1.807, 2.05) is 6.07 Å². The topological polar surface area (TPSA) is 78.3 Å². The monoisotopic (exact) mass is 451 g/mol. The van der Waals surface area contributed by atoms with Crippen molar-refractivity contribution in [2.24, 2.45) is 7.05 Å². The van der Waals surface area contributed by atoms with Crippen molar-refractivity contribution in [1.29, 1.82) is 0 Å². The molecule has 5 rings (SSSR count). The van der Waals surface area contributed by atoms with Crippen molar-refractivity contribution < 1.29 is 9.18 Å². The number of aromatic nitrogens is 3. The third-order valence-electron chi connectivity index (χ3n) is 6.21. The van der Waals surface area contributed by atoms with Crippen molar-refractivity contribution in [3.8, 4) is 0 Å². The molecular weight excluding hydrogens is 421 g/mol. The predicted octanol–water partition coefficient (Wildman–Crippen LogP) is 3.67. The van der Waals surface area contributed by atoms with Crippen molar-refractivity contribution in [1.82, 2.24) is 20.1 Å². The molecule has 0 bridgehead atoms. The van der Waals surface area contributed by atoms with Gasteiger partial charge in [-0.1, -0.05) is 0 Å². The van der Waals surface area contributed by atoms with Gasteiger partial charge in [0.25, 0.3) is 0 Å². The zero-order valence-corrected chi connectivity index (χ0v) is 19.7. The second-order valence-electron chi connectivity index (χ2n) is 10.4. The molecule has 3 aromatic rings. The van der Waals surface area contributed by atoms with Crippen molar-refractivity contribution in [2.45, 2.75) is 45.2 Å². The number of pyridine rings is 1. The maximum absolute atomic E-state index is 14.4. The first-order chi connectivity index (χ1) is 15.5. The number of urea groups is 1. The third kappa shape index (κ3) is 4.01. The van der Waals surface area contributed by atoms with Gasteiger partial charge in [0, 0.05) is 72.5 Å². The predicted molar refractivity (Wildman–Crippen MR) is 128 cm³/mol. The lowest BCUT2D eigenvalue weighted by Gasteiger charge is -2.49. The largest absolute Gasteiger partial charge is 0.367 e. The highest BCUT2D eigenvalue weighted by molar-refractivity contribution is 6.03. The van der Waals surface area contributed by atoms with Crippen LogP contribution in [0.1, 0.15) is 33.3 Å². The molecule has 0 spiro atoms. The summed E-state index contributed by atoms with van der Waals surface area (Å²) in [6.07, 6.45) is 4.22. The summed E-state index contributed by atoms with van der Waals surface area (Å²) in [5.41, 5.74) is 2.81. The highest BCUT2D eigenvalue weighted by atomic mass is 19.1. The number of halogens is 1. The summed E-state index contributed by atoms with van der Waals surface area (Å²) < 4.78 is 16.0. The molecule has 2 aromatic heterocycles. The Kier molecular flexibility index (Phi) is 4.86. The van der Waals surface area contributed by atoms with Crippen molar-refractivity contribution in [3.63, 3.8) is 0 Å². The smallest absolute Gasteiger partial charge is 0.327 e. The fourth-order valence-electron chi connectivity index (χ4n) is 5.42. The molecule has 2 aliphatic heterocycles. The van der Waals surface area contributed by atoms with Crippen LogP contribution in [0.3, 0.4) is 0 Å². The molecule has 1 fully saturated rings. The number of piperazine rings is 1. The lowest BCUT2D eigenvalue weighted by molar-refractivity contribution is 0.226. The summed E-state index contributed by atoms with van der Waals surface area (Å²) in [6.45, 7) is 11.1. The molecular formula is C24H30FN7O. The maximum Gasteiger partial charge on any atom is 0.327 e. The van der Waals surface area contributed by atoms with Gasteiger partial charge >= 0.3 is 6.03 Å². The van der Waals surface area contributed by atoms with E-state index in [-0.39, 0.29) is 22.6 Å². The van der Waals surface area contributed by atoms with Gasteiger partial charge in [-0.15, -0.1) is 0 Å². The first kappa shape index (κ1) is 21.6. The van der Waals surface area contributed by atoms with E-state index in [0.717, 1.165) is 30.8 Å². The Labute approximate surface area is 192 Å². The van der Waals surface area contributed by atoms with Crippen LogP contribution in [0.25, 0.3) is 10.9 Å². The summed E-state index contributed by atoms with van der Waals surface area (Å²) in [6, 6.07) is 4.76. The van der Waals surface area contributed by atoms with Crippen LogP contribution in [0.4, 0.5) is 26.4 Å². The number of hydrogen-bond donors (Lipinski definition) is 2. The van der Waals surface area contributed by atoms with Gasteiger partial charge in [-0.25, -0.2) is 14.2 Å². The van der Waals surface area contributed by atoms with E-state index in [1.54, 1.807) is 35.1 Å². The molecule has 2 N–H and O–H groups in total. The minimum atomic E-state index is -0.463. The lowest BCUT2D eigenvalue weighted by atomic mass is 9.90. The Balaban J connectivity index is 1.41. The van der Waals surface area contributed by atoms with Crippen LogP contribution in [-0.4, -0.2) is 51.5 Å². The van der Waals surface area contributed by atoms with Crippen LogP contribution in [0.15, 0.2) is 30.6 Å². The molecule has 174 valence electrons. The number of benzene rings is 1. The average Bonchev–Trinajstić information content (AvgIpc) is 3.28. The maximum atomic E-state index is 14.4. The molecule has 2 aliphatic rings. The molecule has 0 unspecified atom stereocenters. The number of nitrogens with zero attached hydrogens (tertiary/aromatic N) is 5. The quantitative estimate of drug-likeness (QED) is 0.622. The summed E-state index contributed by atoms with van der Waals surface area (Å²) in [4.78, 5) is 21.7. The lowest BCUT2D eigenvalue weighted by Crippen LogP contribution is -2.67. The van der Waals surface area contributed by atoms with Crippen LogP contribution in [0.2, 0.25) is 0 Å². The number of hydrogen-bond acceptors (Lipinski definition) is 5. The van der Waals surface area contributed by atoms with Crippen molar-refractivity contribution >= 4 is 34.1 Å². The van der Waals surface area contributed by atoms with Crippen molar-refractivity contribution in [3.05, 3.63) is 42.0 Å². The van der Waals surface area contributed by atoms with Gasteiger partial charge in [-0.3, -0.25) is 9.58 Å². The second-order valence-corrected chi connectivity index (χ2v) is 10.4. The van der Waals surface area contributed by atoms with E-state index >= 15 is 0 Å². The molecule has 1 saturated heterocycles. The minimum absolute atomic E-state index is 0.0391. The van der Waals surface area contributed by atoms with Crippen LogP contribution < -0.4 is 20.4 Å². The number of carbonyl (C=O) groups excluding carboxylic acids is 1. The van der Waals surface area contributed by atoms with Crippen LogP contribution in [0, 0.1) is 5.82 Å². The van der Waals surface area contributed by atoms with E-state index < -0.39 is 5.82 Å². The molecule has 9 heteroatoms. The van der Waals surface area contributed by atoms with Gasteiger partial charge in [0.1, 0.15) is 11.3 Å². The molecule has 0 saturated carbocycles. The number of carbonyl (C=O) groups is 1. The Bertz CT molecular complexity index is 1230. The van der Waals surface area contributed by atoms with E-state index in [1.165, 1.54) is 6.07 Å². The molecule has 33 heavy (non-hydrogen) atoms. The summed E-state index contributed by atoms with van der Waals surface area (Å²) in [5, 5.41) is 11.3. The minimum Gasteiger partial charge on any atom is -0.367 e. The fourth-order valence-corrected chi connectivity index (χ4v) is 5.42. The Morgan fingerprint density at radius 1 is 1.18 bits per heavy atom. The average molecular weight is 452 g/mol. The highest BCUT2D eigenvalue weighted by Crippen LogP contribution is 2.36. The number of amides is 2. The zero-order chi connectivity index (χ0) is 23.5. The van der Waals surface area contributed by atoms with Crippen LogP contribution in [0.5, 0.6) is 0 Å². The number of aryl methyl sites for hydroxylation is 1. The first-order valence-corrected chi connectivity index (χ1v) is 11.2. The third-order valence-corrected chi connectivity index (χ3v) is 6.21. The second kappa shape index (κ2) is 7.41. The molecule has 0 aliphatic carbocycles. The van der Waals surface area contributed by atoms with E-state index in [2.05, 4.69) is 53.3 Å². The molecule has 2 amide bonds. The van der Waals surface area contributed by atoms with Gasteiger partial charge in [-0.2, -0.15) is 5.10 Å².